The quantitative estimate of drug-likeness (QED) is 0.653. The highest BCUT2D eigenvalue weighted by atomic mass is 16.5. The molecule has 0 aliphatic rings. The fourth-order valence-electron chi connectivity index (χ4n) is 2.63. The molecular weight excluding hydrogens is 358 g/mol. The fraction of sp³-hybridized carbons (Fsp3) is 0.286. The third-order valence-electron chi connectivity index (χ3n) is 4.20. The number of benzene rings is 2. The van der Waals surface area contributed by atoms with E-state index in [1.165, 1.54) is 0 Å². The maximum Gasteiger partial charge on any atom is 0.322 e. The summed E-state index contributed by atoms with van der Waals surface area (Å²) < 4.78 is 16.8. The minimum Gasteiger partial charge on any atom is -0.490 e. The van der Waals surface area contributed by atoms with Crippen molar-refractivity contribution < 1.29 is 18.7 Å². The molecule has 0 saturated carbocycles. The summed E-state index contributed by atoms with van der Waals surface area (Å²) in [5.74, 6) is 1.22. The highest BCUT2D eigenvalue weighted by molar-refractivity contribution is 6.03. The molecule has 7 heteroatoms. The molecule has 0 fully saturated rings. The van der Waals surface area contributed by atoms with E-state index < -0.39 is 0 Å². The average Bonchev–Trinajstić information content (AvgIpc) is 3.14. The molecule has 2 aromatic carbocycles. The standard InChI is InChI=1S/C21H23N3O4/c1-5-26-17-10-9-16(12-18(17)27-6-2)20-23-24-21(28-20)22-19(25)15-8-7-13(3)14(4)11-15/h7-12H,5-6H2,1-4H3,(H,22,24,25). The number of ether oxygens (including phenoxy) is 2. The molecular formula is C21H23N3O4. The molecule has 0 atom stereocenters. The van der Waals surface area contributed by atoms with Crippen LogP contribution in [-0.2, 0) is 0 Å². The van der Waals surface area contributed by atoms with E-state index in [0.29, 0.717) is 35.8 Å². The van der Waals surface area contributed by atoms with E-state index in [-0.39, 0.29) is 17.8 Å². The van der Waals surface area contributed by atoms with Crippen molar-refractivity contribution in [3.05, 3.63) is 53.1 Å². The first-order valence-corrected chi connectivity index (χ1v) is 9.14. The predicted octanol–water partition coefficient (Wildman–Crippen LogP) is 4.40. The van der Waals surface area contributed by atoms with Gasteiger partial charge in [0.1, 0.15) is 0 Å². The third-order valence-corrected chi connectivity index (χ3v) is 4.20. The van der Waals surface area contributed by atoms with E-state index in [1.807, 2.05) is 39.8 Å². The van der Waals surface area contributed by atoms with Crippen molar-refractivity contribution in [3.63, 3.8) is 0 Å². The van der Waals surface area contributed by atoms with Gasteiger partial charge in [-0.25, -0.2) is 0 Å². The molecule has 0 aliphatic heterocycles. The minimum atomic E-state index is -0.306. The van der Waals surface area contributed by atoms with Gasteiger partial charge in [-0.1, -0.05) is 11.2 Å². The summed E-state index contributed by atoms with van der Waals surface area (Å²) in [6.07, 6.45) is 0. The van der Waals surface area contributed by atoms with E-state index in [4.69, 9.17) is 13.9 Å². The van der Waals surface area contributed by atoms with Crippen LogP contribution in [0.15, 0.2) is 40.8 Å². The van der Waals surface area contributed by atoms with Crippen LogP contribution in [0.2, 0.25) is 0 Å². The topological polar surface area (TPSA) is 86.5 Å². The summed E-state index contributed by atoms with van der Waals surface area (Å²) in [5, 5.41) is 10.6. The van der Waals surface area contributed by atoms with Crippen LogP contribution in [-0.4, -0.2) is 29.3 Å². The minimum absolute atomic E-state index is 0.0325. The number of aromatic nitrogens is 2. The van der Waals surface area contributed by atoms with Crippen molar-refractivity contribution >= 4 is 11.9 Å². The highest BCUT2D eigenvalue weighted by Gasteiger charge is 2.15. The monoisotopic (exact) mass is 381 g/mol. The van der Waals surface area contributed by atoms with Gasteiger partial charge in [0.05, 0.1) is 13.2 Å². The van der Waals surface area contributed by atoms with Crippen LogP contribution >= 0.6 is 0 Å². The molecule has 0 aliphatic carbocycles. The molecule has 1 amide bonds. The number of anilines is 1. The molecule has 0 radical (unpaired) electrons. The Balaban J connectivity index is 1.78. The molecule has 1 heterocycles. The Hall–Kier alpha value is -3.35. The van der Waals surface area contributed by atoms with Gasteiger partial charge in [0.15, 0.2) is 11.5 Å². The van der Waals surface area contributed by atoms with E-state index in [2.05, 4.69) is 15.5 Å². The lowest BCUT2D eigenvalue weighted by atomic mass is 10.1. The van der Waals surface area contributed by atoms with Crippen molar-refractivity contribution in [1.29, 1.82) is 0 Å². The number of carbonyl (C=O) groups is 1. The molecule has 0 bridgehead atoms. The Morgan fingerprint density at radius 3 is 2.43 bits per heavy atom. The van der Waals surface area contributed by atoms with Crippen molar-refractivity contribution in [3.8, 4) is 23.0 Å². The van der Waals surface area contributed by atoms with E-state index in [1.54, 1.807) is 24.3 Å². The number of amides is 1. The summed E-state index contributed by atoms with van der Waals surface area (Å²) in [7, 11) is 0. The van der Waals surface area contributed by atoms with Crippen LogP contribution in [0.5, 0.6) is 11.5 Å². The summed E-state index contributed by atoms with van der Waals surface area (Å²) in [6, 6.07) is 10.9. The summed E-state index contributed by atoms with van der Waals surface area (Å²) in [4.78, 5) is 12.4. The molecule has 7 nitrogen and oxygen atoms in total. The number of nitrogens with zero attached hydrogens (tertiary/aromatic N) is 2. The predicted molar refractivity (Wildman–Crippen MR) is 106 cm³/mol. The van der Waals surface area contributed by atoms with Crippen LogP contribution < -0.4 is 14.8 Å². The lowest BCUT2D eigenvalue weighted by Gasteiger charge is -2.11. The van der Waals surface area contributed by atoms with Gasteiger partial charge in [0.25, 0.3) is 5.91 Å². The van der Waals surface area contributed by atoms with Gasteiger partial charge in [0, 0.05) is 11.1 Å². The number of hydrogen-bond acceptors (Lipinski definition) is 6. The van der Waals surface area contributed by atoms with Gasteiger partial charge in [0.2, 0.25) is 5.89 Å². The Morgan fingerprint density at radius 1 is 0.964 bits per heavy atom. The zero-order valence-corrected chi connectivity index (χ0v) is 16.4. The molecule has 0 unspecified atom stereocenters. The molecule has 0 spiro atoms. The Bertz CT molecular complexity index is 982. The van der Waals surface area contributed by atoms with Crippen LogP contribution in [0, 0.1) is 13.8 Å². The number of carbonyl (C=O) groups excluding carboxylic acids is 1. The summed E-state index contributed by atoms with van der Waals surface area (Å²) >= 11 is 0. The van der Waals surface area contributed by atoms with Crippen LogP contribution in [0.1, 0.15) is 35.3 Å². The van der Waals surface area contributed by atoms with Gasteiger partial charge in [-0.05, 0) is 69.2 Å². The van der Waals surface area contributed by atoms with E-state index in [0.717, 1.165) is 11.1 Å². The zero-order chi connectivity index (χ0) is 20.1. The van der Waals surface area contributed by atoms with Crippen molar-refractivity contribution in [2.45, 2.75) is 27.7 Å². The van der Waals surface area contributed by atoms with Crippen LogP contribution in [0.3, 0.4) is 0 Å². The number of hydrogen-bond donors (Lipinski definition) is 1. The first-order chi connectivity index (χ1) is 13.5. The lowest BCUT2D eigenvalue weighted by molar-refractivity contribution is 0.102. The van der Waals surface area contributed by atoms with Crippen LogP contribution in [0.4, 0.5) is 6.01 Å². The maximum absolute atomic E-state index is 12.4. The average molecular weight is 381 g/mol. The Morgan fingerprint density at radius 2 is 1.71 bits per heavy atom. The largest absolute Gasteiger partial charge is 0.490 e. The second-order valence-corrected chi connectivity index (χ2v) is 6.19. The molecule has 146 valence electrons. The fourth-order valence-corrected chi connectivity index (χ4v) is 2.63. The Kier molecular flexibility index (Phi) is 5.93. The third kappa shape index (κ3) is 4.31. The van der Waals surface area contributed by atoms with Gasteiger partial charge >= 0.3 is 6.01 Å². The molecule has 1 aromatic heterocycles. The number of aryl methyl sites for hydroxylation is 2. The second kappa shape index (κ2) is 8.56. The van der Waals surface area contributed by atoms with Crippen molar-refractivity contribution in [1.82, 2.24) is 10.2 Å². The molecule has 28 heavy (non-hydrogen) atoms. The first kappa shape index (κ1) is 19.4. The first-order valence-electron chi connectivity index (χ1n) is 9.14. The highest BCUT2D eigenvalue weighted by Crippen LogP contribution is 2.32. The molecule has 1 N–H and O–H groups in total. The molecule has 0 saturated heterocycles. The SMILES string of the molecule is CCOc1ccc(-c2nnc(NC(=O)c3ccc(C)c(C)c3)o2)cc1OCC. The van der Waals surface area contributed by atoms with Gasteiger partial charge in [-0.2, -0.15) is 0 Å². The van der Waals surface area contributed by atoms with Crippen LogP contribution in [0.25, 0.3) is 11.5 Å². The lowest BCUT2D eigenvalue weighted by Crippen LogP contribution is -2.12. The Labute approximate surface area is 163 Å². The van der Waals surface area contributed by atoms with Crippen molar-refractivity contribution in [2.75, 3.05) is 18.5 Å². The second-order valence-electron chi connectivity index (χ2n) is 6.19. The molecule has 3 aromatic rings. The number of nitrogens with one attached hydrogen (secondary N) is 1. The normalized spacial score (nSPS) is 10.6. The smallest absolute Gasteiger partial charge is 0.322 e. The van der Waals surface area contributed by atoms with Gasteiger partial charge in [-0.15, -0.1) is 5.10 Å². The van der Waals surface area contributed by atoms with E-state index in [9.17, 15) is 4.79 Å². The summed E-state index contributed by atoms with van der Waals surface area (Å²) in [6.45, 7) is 8.80. The van der Waals surface area contributed by atoms with E-state index >= 15 is 0 Å². The molecule has 3 rings (SSSR count). The maximum atomic E-state index is 12.4. The zero-order valence-electron chi connectivity index (χ0n) is 16.4. The summed E-state index contributed by atoms with van der Waals surface area (Å²) in [5.41, 5.74) is 3.36. The van der Waals surface area contributed by atoms with Gasteiger partial charge < -0.3 is 13.9 Å². The number of rotatable bonds is 7. The van der Waals surface area contributed by atoms with Gasteiger partial charge in [-0.3, -0.25) is 10.1 Å². The van der Waals surface area contributed by atoms with Crippen molar-refractivity contribution in [2.24, 2.45) is 0 Å².